The first-order valence-corrected chi connectivity index (χ1v) is 5.56. The summed E-state index contributed by atoms with van der Waals surface area (Å²) in [5, 5.41) is 8.72. The Balaban J connectivity index is 2.72. The summed E-state index contributed by atoms with van der Waals surface area (Å²) >= 11 is 0. The normalized spacial score (nSPS) is 10.6. The SMILES string of the molecule is COc1ccc(/C=C\C(=O)N(C)CCO)cc1N. The van der Waals surface area contributed by atoms with E-state index in [4.69, 9.17) is 15.6 Å². The fourth-order valence-corrected chi connectivity index (χ4v) is 1.41. The van der Waals surface area contributed by atoms with Crippen molar-refractivity contribution in [3.63, 3.8) is 0 Å². The van der Waals surface area contributed by atoms with Gasteiger partial charge in [0.15, 0.2) is 0 Å². The maximum atomic E-state index is 11.6. The molecule has 5 nitrogen and oxygen atoms in total. The van der Waals surface area contributed by atoms with Crippen LogP contribution in [-0.4, -0.2) is 43.2 Å². The number of carbonyl (C=O) groups is 1. The third kappa shape index (κ3) is 3.78. The van der Waals surface area contributed by atoms with Crippen LogP contribution < -0.4 is 10.5 Å². The molecule has 0 heterocycles. The van der Waals surface area contributed by atoms with Crippen LogP contribution in [0.3, 0.4) is 0 Å². The van der Waals surface area contributed by atoms with Crippen molar-refractivity contribution in [2.75, 3.05) is 33.0 Å². The molecule has 0 aliphatic heterocycles. The number of likely N-dealkylation sites (N-methyl/N-ethyl adjacent to an activating group) is 1. The largest absolute Gasteiger partial charge is 0.495 e. The second-order valence-corrected chi connectivity index (χ2v) is 3.82. The minimum absolute atomic E-state index is 0.0500. The molecule has 98 valence electrons. The summed E-state index contributed by atoms with van der Waals surface area (Å²) in [6.45, 7) is 0.263. The standard InChI is InChI=1S/C13H18N2O3/c1-15(7-8-16)13(17)6-4-10-3-5-12(18-2)11(14)9-10/h3-6,9,16H,7-8,14H2,1-2H3/b6-4-. The molecule has 1 amide bonds. The monoisotopic (exact) mass is 250 g/mol. The smallest absolute Gasteiger partial charge is 0.246 e. The van der Waals surface area contributed by atoms with Gasteiger partial charge in [-0.05, 0) is 23.8 Å². The molecule has 0 aliphatic carbocycles. The van der Waals surface area contributed by atoms with Gasteiger partial charge >= 0.3 is 0 Å². The van der Waals surface area contributed by atoms with E-state index in [2.05, 4.69) is 0 Å². The van der Waals surface area contributed by atoms with Crippen LogP contribution in [0.15, 0.2) is 24.3 Å². The Bertz CT molecular complexity index is 444. The lowest BCUT2D eigenvalue weighted by molar-refractivity contribution is -0.125. The fourth-order valence-electron chi connectivity index (χ4n) is 1.41. The molecule has 1 aromatic rings. The molecule has 0 atom stereocenters. The van der Waals surface area contributed by atoms with E-state index >= 15 is 0 Å². The van der Waals surface area contributed by atoms with Gasteiger partial charge in [0.25, 0.3) is 0 Å². The molecule has 1 aromatic carbocycles. The van der Waals surface area contributed by atoms with E-state index in [1.807, 2.05) is 6.07 Å². The minimum Gasteiger partial charge on any atom is -0.495 e. The number of nitrogen functional groups attached to an aromatic ring is 1. The number of aliphatic hydroxyl groups excluding tert-OH is 1. The number of anilines is 1. The number of nitrogens with two attached hydrogens (primary N) is 1. The summed E-state index contributed by atoms with van der Waals surface area (Å²) in [6, 6.07) is 5.29. The van der Waals surface area contributed by atoms with E-state index in [1.165, 1.54) is 11.0 Å². The van der Waals surface area contributed by atoms with Gasteiger partial charge in [-0.25, -0.2) is 0 Å². The molecular formula is C13H18N2O3. The zero-order valence-corrected chi connectivity index (χ0v) is 10.6. The number of benzene rings is 1. The molecule has 0 fully saturated rings. The van der Waals surface area contributed by atoms with Crippen LogP contribution in [0.25, 0.3) is 6.08 Å². The molecule has 5 heteroatoms. The first-order chi connectivity index (χ1) is 8.58. The first-order valence-electron chi connectivity index (χ1n) is 5.56. The van der Waals surface area contributed by atoms with Crippen molar-refractivity contribution in [1.29, 1.82) is 0 Å². The summed E-state index contributed by atoms with van der Waals surface area (Å²) in [6.07, 6.45) is 3.11. The zero-order valence-electron chi connectivity index (χ0n) is 10.6. The van der Waals surface area contributed by atoms with Gasteiger partial charge in [-0.3, -0.25) is 4.79 Å². The Morgan fingerprint density at radius 1 is 1.56 bits per heavy atom. The Morgan fingerprint density at radius 2 is 2.28 bits per heavy atom. The van der Waals surface area contributed by atoms with E-state index < -0.39 is 0 Å². The number of amides is 1. The molecule has 0 aromatic heterocycles. The molecule has 0 spiro atoms. The quantitative estimate of drug-likeness (QED) is 0.597. The highest BCUT2D eigenvalue weighted by atomic mass is 16.5. The van der Waals surface area contributed by atoms with E-state index in [0.717, 1.165) is 5.56 Å². The van der Waals surface area contributed by atoms with Gasteiger partial charge in [-0.15, -0.1) is 0 Å². The lowest BCUT2D eigenvalue weighted by atomic mass is 10.1. The number of aliphatic hydroxyl groups is 1. The molecular weight excluding hydrogens is 232 g/mol. The summed E-state index contributed by atoms with van der Waals surface area (Å²) in [5.41, 5.74) is 7.10. The van der Waals surface area contributed by atoms with Crippen molar-refractivity contribution in [3.8, 4) is 5.75 Å². The number of nitrogens with zero attached hydrogens (tertiary/aromatic N) is 1. The fraction of sp³-hybridized carbons (Fsp3) is 0.308. The minimum atomic E-state index is -0.168. The van der Waals surface area contributed by atoms with E-state index in [0.29, 0.717) is 18.0 Å². The molecule has 1 rings (SSSR count). The highest BCUT2D eigenvalue weighted by Gasteiger charge is 2.03. The topological polar surface area (TPSA) is 75.8 Å². The predicted molar refractivity (Wildman–Crippen MR) is 71.2 cm³/mol. The van der Waals surface area contributed by atoms with Gasteiger partial charge in [0.1, 0.15) is 5.75 Å². The molecule has 0 unspecified atom stereocenters. The van der Waals surface area contributed by atoms with Crippen LogP contribution >= 0.6 is 0 Å². The second-order valence-electron chi connectivity index (χ2n) is 3.82. The Morgan fingerprint density at radius 3 is 2.83 bits per heavy atom. The van der Waals surface area contributed by atoms with E-state index in [-0.39, 0.29) is 12.5 Å². The highest BCUT2D eigenvalue weighted by Crippen LogP contribution is 2.22. The van der Waals surface area contributed by atoms with Crippen LogP contribution in [-0.2, 0) is 4.79 Å². The van der Waals surface area contributed by atoms with Crippen molar-refractivity contribution < 1.29 is 14.6 Å². The van der Waals surface area contributed by atoms with Crippen molar-refractivity contribution in [3.05, 3.63) is 29.8 Å². The molecule has 0 saturated heterocycles. The number of carbonyl (C=O) groups excluding carboxylic acids is 1. The van der Waals surface area contributed by atoms with Crippen LogP contribution in [0.4, 0.5) is 5.69 Å². The number of hydrogen-bond donors (Lipinski definition) is 2. The van der Waals surface area contributed by atoms with Gasteiger partial charge in [0.05, 0.1) is 19.4 Å². The molecule has 0 radical (unpaired) electrons. The third-order valence-electron chi connectivity index (χ3n) is 2.48. The van der Waals surface area contributed by atoms with E-state index in [9.17, 15) is 4.79 Å². The van der Waals surface area contributed by atoms with Crippen LogP contribution in [0.1, 0.15) is 5.56 Å². The molecule has 18 heavy (non-hydrogen) atoms. The molecule has 0 saturated carbocycles. The third-order valence-corrected chi connectivity index (χ3v) is 2.48. The van der Waals surface area contributed by atoms with Crippen molar-refractivity contribution in [2.45, 2.75) is 0 Å². The molecule has 0 aliphatic rings. The van der Waals surface area contributed by atoms with Crippen LogP contribution in [0.2, 0.25) is 0 Å². The average Bonchev–Trinajstić information content (AvgIpc) is 2.36. The highest BCUT2D eigenvalue weighted by molar-refractivity contribution is 5.91. The Kier molecular flexibility index (Phi) is 5.20. The van der Waals surface area contributed by atoms with Crippen molar-refractivity contribution in [1.82, 2.24) is 4.90 Å². The number of methoxy groups -OCH3 is 1. The number of ether oxygens (including phenoxy) is 1. The van der Waals surface area contributed by atoms with Gasteiger partial charge in [-0.1, -0.05) is 6.07 Å². The van der Waals surface area contributed by atoms with Crippen molar-refractivity contribution in [2.24, 2.45) is 0 Å². The Hall–Kier alpha value is -2.01. The number of hydrogen-bond acceptors (Lipinski definition) is 4. The van der Waals surface area contributed by atoms with Crippen molar-refractivity contribution >= 4 is 17.7 Å². The van der Waals surface area contributed by atoms with Gasteiger partial charge < -0.3 is 20.5 Å². The second kappa shape index (κ2) is 6.66. The molecule has 3 N–H and O–H groups in total. The first kappa shape index (κ1) is 14.1. The summed E-state index contributed by atoms with van der Waals surface area (Å²) in [4.78, 5) is 13.0. The Labute approximate surface area is 106 Å². The summed E-state index contributed by atoms with van der Waals surface area (Å²) in [7, 11) is 3.18. The lowest BCUT2D eigenvalue weighted by Gasteiger charge is -2.12. The van der Waals surface area contributed by atoms with Gasteiger partial charge in [-0.2, -0.15) is 0 Å². The van der Waals surface area contributed by atoms with Gasteiger partial charge in [0.2, 0.25) is 5.91 Å². The van der Waals surface area contributed by atoms with Crippen LogP contribution in [0.5, 0.6) is 5.75 Å². The maximum absolute atomic E-state index is 11.6. The predicted octanol–water partition coefficient (Wildman–Crippen LogP) is 0.741. The number of rotatable bonds is 5. The van der Waals surface area contributed by atoms with Gasteiger partial charge in [0, 0.05) is 19.7 Å². The van der Waals surface area contributed by atoms with Crippen LogP contribution in [0, 0.1) is 0 Å². The summed E-state index contributed by atoms with van der Waals surface area (Å²) in [5.74, 6) is 0.439. The lowest BCUT2D eigenvalue weighted by Crippen LogP contribution is -2.27. The molecule has 0 bridgehead atoms. The zero-order chi connectivity index (χ0) is 13.5. The maximum Gasteiger partial charge on any atom is 0.246 e. The van der Waals surface area contributed by atoms with E-state index in [1.54, 1.807) is 32.4 Å². The summed E-state index contributed by atoms with van der Waals surface area (Å²) < 4.78 is 5.04. The average molecular weight is 250 g/mol.